The van der Waals surface area contributed by atoms with Crippen LogP contribution in [0.2, 0.25) is 18.1 Å². The van der Waals surface area contributed by atoms with E-state index >= 15 is 0 Å². The Hall–Kier alpha value is -1.07. The molecule has 0 aromatic rings. The van der Waals surface area contributed by atoms with E-state index in [0.717, 1.165) is 0 Å². The smallest absolute Gasteiger partial charge is 0.410 e. The zero-order chi connectivity index (χ0) is 21.5. The van der Waals surface area contributed by atoms with Crippen molar-refractivity contribution in [3.8, 4) is 0 Å². The van der Waals surface area contributed by atoms with E-state index in [0.29, 0.717) is 25.6 Å². The Labute approximate surface area is 169 Å². The van der Waals surface area contributed by atoms with Gasteiger partial charge in [0.1, 0.15) is 5.60 Å². The molecule has 0 bridgehead atoms. The van der Waals surface area contributed by atoms with Gasteiger partial charge in [-0.1, -0.05) is 52.8 Å². The minimum atomic E-state index is -1.85. The van der Waals surface area contributed by atoms with E-state index in [2.05, 4.69) is 66.4 Å². The van der Waals surface area contributed by atoms with E-state index in [4.69, 9.17) is 9.16 Å². The van der Waals surface area contributed by atoms with Gasteiger partial charge in [-0.15, -0.1) is 6.58 Å². The molecular formula is C22H43NO3Si. The Morgan fingerprint density at radius 1 is 1.11 bits per heavy atom. The van der Waals surface area contributed by atoms with E-state index < -0.39 is 13.9 Å². The van der Waals surface area contributed by atoms with Crippen LogP contribution in [0.5, 0.6) is 0 Å². The molecule has 158 valence electrons. The van der Waals surface area contributed by atoms with Gasteiger partial charge in [0.2, 0.25) is 0 Å². The van der Waals surface area contributed by atoms with Crippen molar-refractivity contribution in [2.24, 2.45) is 11.8 Å². The van der Waals surface area contributed by atoms with Gasteiger partial charge in [0, 0.05) is 25.6 Å². The summed E-state index contributed by atoms with van der Waals surface area (Å²) in [5.74, 6) is 0.573. The Balaban J connectivity index is 5.30. The number of rotatable bonds is 9. The van der Waals surface area contributed by atoms with Crippen LogP contribution in [0.1, 0.15) is 55.4 Å². The van der Waals surface area contributed by atoms with Crippen LogP contribution in [0.3, 0.4) is 0 Å². The summed E-state index contributed by atoms with van der Waals surface area (Å²) >= 11 is 0. The molecule has 5 heteroatoms. The molecular weight excluding hydrogens is 354 g/mol. The van der Waals surface area contributed by atoms with Crippen molar-refractivity contribution in [2.75, 3.05) is 19.7 Å². The quantitative estimate of drug-likeness (QED) is 0.340. The standard InChI is InChI=1S/C22H43NO3Si/c1-12-15-23(20(24)26-21(4,5)6)16-19(14-13-18(2)3)17-25-27(10,11)22(7,8)9/h12-14,18-19H,1,15-17H2,2-11H3/b14-13+/t19-/m1/s1. The van der Waals surface area contributed by atoms with Crippen LogP contribution in [-0.2, 0) is 9.16 Å². The number of allylic oxidation sites excluding steroid dienone is 1. The monoisotopic (exact) mass is 397 g/mol. The van der Waals surface area contributed by atoms with Crippen molar-refractivity contribution in [1.82, 2.24) is 4.90 Å². The summed E-state index contributed by atoms with van der Waals surface area (Å²) < 4.78 is 12.0. The molecule has 0 fully saturated rings. The highest BCUT2D eigenvalue weighted by atomic mass is 28.4. The molecule has 0 aliphatic heterocycles. The largest absolute Gasteiger partial charge is 0.444 e. The van der Waals surface area contributed by atoms with Crippen molar-refractivity contribution in [2.45, 2.75) is 79.1 Å². The fourth-order valence-electron chi connectivity index (χ4n) is 2.07. The van der Waals surface area contributed by atoms with Crippen LogP contribution in [-0.4, -0.2) is 44.6 Å². The highest BCUT2D eigenvalue weighted by Gasteiger charge is 2.37. The molecule has 0 aliphatic rings. The molecule has 1 amide bonds. The Morgan fingerprint density at radius 3 is 2.07 bits per heavy atom. The topological polar surface area (TPSA) is 38.8 Å². The van der Waals surface area contributed by atoms with Crippen molar-refractivity contribution in [3.05, 3.63) is 24.8 Å². The zero-order valence-electron chi connectivity index (χ0n) is 19.4. The summed E-state index contributed by atoms with van der Waals surface area (Å²) in [6.45, 7) is 26.6. The minimum Gasteiger partial charge on any atom is -0.444 e. The second-order valence-corrected chi connectivity index (χ2v) is 14.9. The van der Waals surface area contributed by atoms with E-state index in [1.807, 2.05) is 20.8 Å². The first-order valence-electron chi connectivity index (χ1n) is 10.00. The summed E-state index contributed by atoms with van der Waals surface area (Å²) in [6, 6.07) is 0. The number of carbonyl (C=O) groups excluding carboxylic acids is 1. The lowest BCUT2D eigenvalue weighted by Crippen LogP contribution is -2.44. The van der Waals surface area contributed by atoms with E-state index in [1.165, 1.54) is 0 Å². The molecule has 0 aromatic heterocycles. The van der Waals surface area contributed by atoms with Crippen molar-refractivity contribution in [3.63, 3.8) is 0 Å². The molecule has 0 aliphatic carbocycles. The van der Waals surface area contributed by atoms with Crippen LogP contribution in [0, 0.1) is 11.8 Å². The van der Waals surface area contributed by atoms with Crippen LogP contribution in [0.4, 0.5) is 4.79 Å². The van der Waals surface area contributed by atoms with Gasteiger partial charge in [-0.05, 0) is 44.8 Å². The lowest BCUT2D eigenvalue weighted by Gasteiger charge is -2.37. The number of carbonyl (C=O) groups is 1. The van der Waals surface area contributed by atoms with Crippen molar-refractivity contribution in [1.29, 1.82) is 0 Å². The Morgan fingerprint density at radius 2 is 1.67 bits per heavy atom. The first-order chi connectivity index (χ1) is 12.1. The zero-order valence-corrected chi connectivity index (χ0v) is 20.4. The molecule has 4 nitrogen and oxygen atoms in total. The van der Waals surface area contributed by atoms with Crippen molar-refractivity contribution < 1.29 is 14.0 Å². The van der Waals surface area contributed by atoms with Crippen LogP contribution in [0.25, 0.3) is 0 Å². The number of amides is 1. The van der Waals surface area contributed by atoms with Gasteiger partial charge in [0.25, 0.3) is 0 Å². The van der Waals surface area contributed by atoms with Gasteiger partial charge < -0.3 is 14.1 Å². The van der Waals surface area contributed by atoms with E-state index in [1.54, 1.807) is 11.0 Å². The number of ether oxygens (including phenoxy) is 1. The van der Waals surface area contributed by atoms with Gasteiger partial charge in [0.05, 0.1) is 0 Å². The van der Waals surface area contributed by atoms with Gasteiger partial charge in [-0.2, -0.15) is 0 Å². The Kier molecular flexibility index (Phi) is 10.0. The third-order valence-electron chi connectivity index (χ3n) is 4.69. The lowest BCUT2D eigenvalue weighted by molar-refractivity contribution is 0.0242. The first kappa shape index (κ1) is 25.9. The molecule has 1 atom stereocenters. The summed E-state index contributed by atoms with van der Waals surface area (Å²) in [5.41, 5.74) is -0.516. The van der Waals surface area contributed by atoms with Crippen LogP contribution in [0.15, 0.2) is 24.8 Å². The molecule has 27 heavy (non-hydrogen) atoms. The van der Waals surface area contributed by atoms with Gasteiger partial charge in [-0.3, -0.25) is 0 Å². The van der Waals surface area contributed by atoms with E-state index in [9.17, 15) is 4.79 Å². The summed E-state index contributed by atoms with van der Waals surface area (Å²) in [7, 11) is -1.85. The molecule has 0 saturated heterocycles. The fraction of sp³-hybridized carbons (Fsp3) is 0.773. The van der Waals surface area contributed by atoms with Gasteiger partial charge in [0.15, 0.2) is 8.32 Å². The third kappa shape index (κ3) is 10.7. The summed E-state index contributed by atoms with van der Waals surface area (Å²) in [6.07, 6.45) is 5.79. The summed E-state index contributed by atoms with van der Waals surface area (Å²) in [5, 5.41) is 0.158. The molecule has 0 spiro atoms. The maximum absolute atomic E-state index is 12.6. The predicted octanol–water partition coefficient (Wildman–Crippen LogP) is 6.26. The Bertz CT molecular complexity index is 499. The average Bonchev–Trinajstić information content (AvgIpc) is 2.45. The molecule has 0 rings (SSSR count). The van der Waals surface area contributed by atoms with Crippen LogP contribution < -0.4 is 0 Å². The highest BCUT2D eigenvalue weighted by molar-refractivity contribution is 6.74. The van der Waals surface area contributed by atoms with Gasteiger partial charge in [-0.25, -0.2) is 4.79 Å². The van der Waals surface area contributed by atoms with Crippen molar-refractivity contribution >= 4 is 14.4 Å². The molecule has 0 unspecified atom stereocenters. The lowest BCUT2D eigenvalue weighted by atomic mass is 10.1. The highest BCUT2D eigenvalue weighted by Crippen LogP contribution is 2.36. The number of nitrogens with zero attached hydrogens (tertiary/aromatic N) is 1. The third-order valence-corrected chi connectivity index (χ3v) is 9.19. The average molecular weight is 398 g/mol. The molecule has 0 aromatic carbocycles. The maximum Gasteiger partial charge on any atom is 0.410 e. The molecule has 0 N–H and O–H groups in total. The second kappa shape index (κ2) is 10.5. The molecule has 0 radical (unpaired) electrons. The summed E-state index contributed by atoms with van der Waals surface area (Å²) in [4.78, 5) is 14.3. The molecule has 0 saturated carbocycles. The fourth-order valence-corrected chi connectivity index (χ4v) is 3.13. The SMILES string of the molecule is C=CCN(C[C@@H](/C=C/C(C)C)CO[Si](C)(C)C(C)(C)C)C(=O)OC(C)(C)C. The predicted molar refractivity (Wildman–Crippen MR) is 119 cm³/mol. The number of hydrogen-bond acceptors (Lipinski definition) is 3. The van der Waals surface area contributed by atoms with Gasteiger partial charge >= 0.3 is 6.09 Å². The normalized spacial score (nSPS) is 14.5. The second-order valence-electron chi connectivity index (χ2n) is 10.1. The van der Waals surface area contributed by atoms with Crippen LogP contribution >= 0.6 is 0 Å². The maximum atomic E-state index is 12.6. The minimum absolute atomic E-state index is 0.119. The first-order valence-corrected chi connectivity index (χ1v) is 12.9. The number of hydrogen-bond donors (Lipinski definition) is 0. The molecule has 0 heterocycles. The van der Waals surface area contributed by atoms with E-state index in [-0.39, 0.29) is 17.0 Å².